The highest BCUT2D eigenvalue weighted by molar-refractivity contribution is 6.06. The van der Waals surface area contributed by atoms with Gasteiger partial charge in [-0.2, -0.15) is 0 Å². The van der Waals surface area contributed by atoms with Crippen LogP contribution >= 0.6 is 0 Å². The first-order chi connectivity index (χ1) is 8.74. The topological polar surface area (TPSA) is 49.4 Å². The van der Waals surface area contributed by atoms with Crippen LogP contribution in [0.3, 0.4) is 0 Å². The summed E-state index contributed by atoms with van der Waals surface area (Å²) in [6.07, 6.45) is 7.62. The van der Waals surface area contributed by atoms with Crippen LogP contribution in [0.2, 0.25) is 0 Å². The molecule has 4 nitrogen and oxygen atoms in total. The molecule has 4 aliphatic rings. The molecule has 0 spiro atoms. The SMILES string of the molecule is O=C1CC(NC(C2CC2)C2CC2)C(=O)N1C1CC1. The van der Waals surface area contributed by atoms with Gasteiger partial charge in [-0.05, 0) is 50.4 Å². The van der Waals surface area contributed by atoms with Crippen molar-refractivity contribution in [1.29, 1.82) is 0 Å². The van der Waals surface area contributed by atoms with E-state index in [1.165, 1.54) is 30.6 Å². The molecule has 0 aromatic heterocycles. The van der Waals surface area contributed by atoms with Gasteiger partial charge in [-0.3, -0.25) is 14.5 Å². The average Bonchev–Trinajstić information content (AvgIpc) is 3.21. The summed E-state index contributed by atoms with van der Waals surface area (Å²) >= 11 is 0. The molecule has 18 heavy (non-hydrogen) atoms. The van der Waals surface area contributed by atoms with E-state index < -0.39 is 0 Å². The molecule has 3 aliphatic carbocycles. The summed E-state index contributed by atoms with van der Waals surface area (Å²) in [6, 6.07) is 0.521. The predicted molar refractivity (Wildman–Crippen MR) is 65.7 cm³/mol. The molecule has 0 bridgehead atoms. The number of rotatable bonds is 5. The fourth-order valence-electron chi connectivity index (χ4n) is 3.30. The van der Waals surface area contributed by atoms with Crippen molar-refractivity contribution in [2.24, 2.45) is 11.8 Å². The van der Waals surface area contributed by atoms with Crippen LogP contribution < -0.4 is 5.32 Å². The Morgan fingerprint density at radius 3 is 2.11 bits per heavy atom. The van der Waals surface area contributed by atoms with Gasteiger partial charge in [0.25, 0.3) is 0 Å². The molecule has 4 fully saturated rings. The van der Waals surface area contributed by atoms with E-state index in [0.29, 0.717) is 12.5 Å². The summed E-state index contributed by atoms with van der Waals surface area (Å²) in [4.78, 5) is 25.7. The largest absolute Gasteiger partial charge is 0.302 e. The molecule has 0 aromatic rings. The van der Waals surface area contributed by atoms with Crippen molar-refractivity contribution in [3.8, 4) is 0 Å². The Morgan fingerprint density at radius 2 is 1.61 bits per heavy atom. The van der Waals surface area contributed by atoms with Gasteiger partial charge in [0, 0.05) is 12.1 Å². The van der Waals surface area contributed by atoms with E-state index in [1.807, 2.05) is 0 Å². The van der Waals surface area contributed by atoms with Crippen molar-refractivity contribution in [1.82, 2.24) is 10.2 Å². The Bertz CT molecular complexity index is 385. The quantitative estimate of drug-likeness (QED) is 0.740. The van der Waals surface area contributed by atoms with Crippen LogP contribution in [0.25, 0.3) is 0 Å². The third kappa shape index (κ3) is 1.87. The van der Waals surface area contributed by atoms with Gasteiger partial charge in [0.15, 0.2) is 0 Å². The third-order valence-electron chi connectivity index (χ3n) is 4.75. The number of hydrogen-bond donors (Lipinski definition) is 1. The van der Waals surface area contributed by atoms with Gasteiger partial charge in [0.05, 0.1) is 12.5 Å². The molecule has 1 aliphatic heterocycles. The number of nitrogens with one attached hydrogen (secondary N) is 1. The minimum atomic E-state index is -0.218. The second-order valence-corrected chi connectivity index (χ2v) is 6.46. The summed E-state index contributed by atoms with van der Waals surface area (Å²) in [5.41, 5.74) is 0. The van der Waals surface area contributed by atoms with Gasteiger partial charge in [0.1, 0.15) is 0 Å². The van der Waals surface area contributed by atoms with Gasteiger partial charge in [0.2, 0.25) is 11.8 Å². The van der Waals surface area contributed by atoms with E-state index in [-0.39, 0.29) is 23.9 Å². The van der Waals surface area contributed by atoms with Crippen LogP contribution in [0.4, 0.5) is 0 Å². The number of imide groups is 1. The maximum absolute atomic E-state index is 12.3. The van der Waals surface area contributed by atoms with E-state index >= 15 is 0 Å². The molecule has 4 heteroatoms. The maximum atomic E-state index is 12.3. The van der Waals surface area contributed by atoms with Crippen LogP contribution in [0, 0.1) is 11.8 Å². The molecular weight excluding hydrogens is 228 g/mol. The van der Waals surface area contributed by atoms with Crippen LogP contribution in [0.5, 0.6) is 0 Å². The predicted octanol–water partition coefficient (Wildman–Crippen LogP) is 1.05. The first-order valence-electron chi connectivity index (χ1n) is 7.36. The normalized spacial score (nSPS) is 32.7. The lowest BCUT2D eigenvalue weighted by molar-refractivity contribution is -0.139. The monoisotopic (exact) mass is 248 g/mol. The van der Waals surface area contributed by atoms with Gasteiger partial charge in [-0.15, -0.1) is 0 Å². The number of likely N-dealkylation sites (tertiary alicyclic amines) is 1. The number of carbonyl (C=O) groups excluding carboxylic acids is 2. The van der Waals surface area contributed by atoms with E-state index in [4.69, 9.17) is 0 Å². The van der Waals surface area contributed by atoms with E-state index in [1.54, 1.807) is 0 Å². The van der Waals surface area contributed by atoms with Crippen molar-refractivity contribution in [3.05, 3.63) is 0 Å². The summed E-state index contributed by atoms with van der Waals surface area (Å²) in [6.45, 7) is 0. The Morgan fingerprint density at radius 1 is 1.00 bits per heavy atom. The Labute approximate surface area is 107 Å². The van der Waals surface area contributed by atoms with E-state index in [2.05, 4.69) is 5.32 Å². The summed E-state index contributed by atoms with van der Waals surface area (Å²) in [5, 5.41) is 3.52. The zero-order valence-corrected chi connectivity index (χ0v) is 10.6. The second-order valence-electron chi connectivity index (χ2n) is 6.46. The number of carbonyl (C=O) groups is 2. The smallest absolute Gasteiger partial charge is 0.247 e. The van der Waals surface area contributed by atoms with Gasteiger partial charge in [-0.1, -0.05) is 0 Å². The lowest BCUT2D eigenvalue weighted by atomic mass is 10.1. The Balaban J connectivity index is 1.44. The van der Waals surface area contributed by atoms with E-state index in [9.17, 15) is 9.59 Å². The molecule has 2 amide bonds. The molecule has 1 unspecified atom stereocenters. The highest BCUT2D eigenvalue weighted by atomic mass is 16.2. The number of amides is 2. The molecular formula is C14H20N2O2. The minimum absolute atomic E-state index is 0.0466. The van der Waals surface area contributed by atoms with E-state index in [0.717, 1.165) is 24.7 Å². The standard InChI is InChI=1S/C14H20N2O2/c17-12-7-11(14(18)16(12)10-5-6-10)15-13(8-1-2-8)9-3-4-9/h8-11,13,15H,1-7H2. The molecule has 0 aromatic carbocycles. The van der Waals surface area contributed by atoms with Gasteiger partial charge in [-0.25, -0.2) is 0 Å². The summed E-state index contributed by atoms with van der Waals surface area (Å²) in [5.74, 6) is 1.64. The summed E-state index contributed by atoms with van der Waals surface area (Å²) < 4.78 is 0. The molecule has 4 rings (SSSR count). The third-order valence-corrected chi connectivity index (χ3v) is 4.75. The molecule has 1 heterocycles. The summed E-state index contributed by atoms with van der Waals surface area (Å²) in [7, 11) is 0. The van der Waals surface area contributed by atoms with Crippen molar-refractivity contribution in [3.63, 3.8) is 0 Å². The zero-order chi connectivity index (χ0) is 12.3. The first-order valence-corrected chi connectivity index (χ1v) is 7.36. The van der Waals surface area contributed by atoms with Gasteiger partial charge >= 0.3 is 0 Å². The first kappa shape index (κ1) is 11.0. The molecule has 98 valence electrons. The van der Waals surface area contributed by atoms with Crippen LogP contribution in [-0.2, 0) is 9.59 Å². The number of hydrogen-bond acceptors (Lipinski definition) is 3. The maximum Gasteiger partial charge on any atom is 0.247 e. The fraction of sp³-hybridized carbons (Fsp3) is 0.857. The Hall–Kier alpha value is -0.900. The van der Waals surface area contributed by atoms with Crippen LogP contribution in [-0.4, -0.2) is 34.8 Å². The molecule has 0 radical (unpaired) electrons. The second kappa shape index (κ2) is 3.80. The minimum Gasteiger partial charge on any atom is -0.302 e. The molecule has 1 atom stereocenters. The molecule has 1 N–H and O–H groups in total. The van der Waals surface area contributed by atoms with Crippen LogP contribution in [0.1, 0.15) is 44.9 Å². The Kier molecular flexibility index (Phi) is 2.31. The lowest BCUT2D eigenvalue weighted by Gasteiger charge is -2.21. The molecule has 3 saturated carbocycles. The van der Waals surface area contributed by atoms with Crippen molar-refractivity contribution < 1.29 is 9.59 Å². The lowest BCUT2D eigenvalue weighted by Crippen LogP contribution is -2.46. The highest BCUT2D eigenvalue weighted by Gasteiger charge is 2.49. The van der Waals surface area contributed by atoms with Gasteiger partial charge < -0.3 is 5.32 Å². The van der Waals surface area contributed by atoms with Crippen molar-refractivity contribution in [2.45, 2.75) is 63.1 Å². The molecule has 1 saturated heterocycles. The van der Waals surface area contributed by atoms with Crippen molar-refractivity contribution in [2.75, 3.05) is 0 Å². The average molecular weight is 248 g/mol. The van der Waals surface area contributed by atoms with Crippen LogP contribution in [0.15, 0.2) is 0 Å². The van der Waals surface area contributed by atoms with Crippen molar-refractivity contribution >= 4 is 11.8 Å². The highest BCUT2D eigenvalue weighted by Crippen LogP contribution is 2.45. The number of nitrogens with zero attached hydrogens (tertiary/aromatic N) is 1. The fourth-order valence-corrected chi connectivity index (χ4v) is 3.30. The zero-order valence-electron chi connectivity index (χ0n) is 10.6.